The number of nitrogens with zero attached hydrogens (tertiary/aromatic N) is 1. The lowest BCUT2D eigenvalue weighted by molar-refractivity contribution is 0.0430. The van der Waals surface area contributed by atoms with E-state index in [2.05, 4.69) is 4.36 Å². The standard InChI is InChI=1S/C12H19NO2S/c1-12(2,15-4)10-16(14,13-3)11-8-6-5-7-9-11/h5-9H,10H2,1-4H3. The Morgan fingerprint density at radius 3 is 2.31 bits per heavy atom. The lowest BCUT2D eigenvalue weighted by atomic mass is 10.2. The molecule has 1 aromatic carbocycles. The van der Waals surface area contributed by atoms with Crippen molar-refractivity contribution in [2.45, 2.75) is 24.3 Å². The van der Waals surface area contributed by atoms with Gasteiger partial charge in [0.2, 0.25) is 0 Å². The van der Waals surface area contributed by atoms with E-state index in [1.165, 1.54) is 0 Å². The molecule has 0 bridgehead atoms. The van der Waals surface area contributed by atoms with Crippen molar-refractivity contribution in [2.75, 3.05) is 19.9 Å². The zero-order chi connectivity index (χ0) is 12.2. The first-order chi connectivity index (χ1) is 7.43. The van der Waals surface area contributed by atoms with Gasteiger partial charge >= 0.3 is 0 Å². The molecule has 3 nitrogen and oxygen atoms in total. The molecule has 0 amide bonds. The van der Waals surface area contributed by atoms with E-state index in [4.69, 9.17) is 4.74 Å². The molecule has 0 aliphatic heterocycles. The van der Waals surface area contributed by atoms with Crippen molar-refractivity contribution in [3.8, 4) is 0 Å². The molecule has 0 saturated carbocycles. The molecule has 0 heterocycles. The Balaban J connectivity index is 3.12. The van der Waals surface area contributed by atoms with Gasteiger partial charge in [-0.25, -0.2) is 8.57 Å². The van der Waals surface area contributed by atoms with Crippen molar-refractivity contribution in [3.63, 3.8) is 0 Å². The third-order valence-electron chi connectivity index (χ3n) is 2.50. The minimum absolute atomic E-state index is 0.400. The molecule has 90 valence electrons. The van der Waals surface area contributed by atoms with Gasteiger partial charge in [0, 0.05) is 19.1 Å². The number of hydrogen-bond donors (Lipinski definition) is 0. The third kappa shape index (κ3) is 3.06. The number of hydrogen-bond acceptors (Lipinski definition) is 3. The average Bonchev–Trinajstić information content (AvgIpc) is 2.29. The van der Waals surface area contributed by atoms with Gasteiger partial charge in [-0.05, 0) is 26.0 Å². The van der Waals surface area contributed by atoms with Crippen LogP contribution in [0.3, 0.4) is 0 Å². The van der Waals surface area contributed by atoms with E-state index < -0.39 is 15.3 Å². The van der Waals surface area contributed by atoms with Crippen LogP contribution in [-0.2, 0) is 14.5 Å². The molecule has 0 aromatic heterocycles. The van der Waals surface area contributed by atoms with E-state index in [-0.39, 0.29) is 0 Å². The summed E-state index contributed by atoms with van der Waals surface area (Å²) in [6, 6.07) is 9.35. The van der Waals surface area contributed by atoms with Crippen molar-refractivity contribution in [2.24, 2.45) is 4.36 Å². The fourth-order valence-corrected chi connectivity index (χ4v) is 3.57. The first kappa shape index (κ1) is 13.2. The van der Waals surface area contributed by atoms with E-state index in [0.29, 0.717) is 5.75 Å². The molecule has 4 heteroatoms. The van der Waals surface area contributed by atoms with Crippen molar-refractivity contribution in [1.82, 2.24) is 0 Å². The summed E-state index contributed by atoms with van der Waals surface area (Å²) in [7, 11) is 0.848. The first-order valence-corrected chi connectivity index (χ1v) is 6.85. The fraction of sp³-hybridized carbons (Fsp3) is 0.500. The SMILES string of the molecule is CN=S(=O)(CC(C)(C)OC)c1ccccc1. The molecule has 0 saturated heterocycles. The Hall–Kier alpha value is -0.870. The van der Waals surface area contributed by atoms with Gasteiger partial charge in [0.05, 0.1) is 21.1 Å². The molecule has 1 unspecified atom stereocenters. The Labute approximate surface area is 98.0 Å². The Kier molecular flexibility index (Phi) is 4.10. The zero-order valence-corrected chi connectivity index (χ0v) is 11.1. The van der Waals surface area contributed by atoms with E-state index in [0.717, 1.165) is 4.90 Å². The highest BCUT2D eigenvalue weighted by Gasteiger charge is 2.25. The Morgan fingerprint density at radius 2 is 1.88 bits per heavy atom. The van der Waals surface area contributed by atoms with Crippen molar-refractivity contribution >= 4 is 9.73 Å². The van der Waals surface area contributed by atoms with E-state index >= 15 is 0 Å². The largest absolute Gasteiger partial charge is 0.378 e. The normalized spacial score (nSPS) is 15.5. The highest BCUT2D eigenvalue weighted by Crippen LogP contribution is 2.20. The van der Waals surface area contributed by atoms with Crippen LogP contribution in [0.4, 0.5) is 0 Å². The zero-order valence-electron chi connectivity index (χ0n) is 10.3. The molecule has 0 aliphatic carbocycles. The third-order valence-corrected chi connectivity index (χ3v) is 5.19. The van der Waals surface area contributed by atoms with Crippen LogP contribution in [0.1, 0.15) is 13.8 Å². The summed E-state index contributed by atoms with van der Waals surface area (Å²) in [5.74, 6) is 0.400. The van der Waals surface area contributed by atoms with E-state index in [1.807, 2.05) is 44.2 Å². The maximum absolute atomic E-state index is 12.7. The van der Waals surface area contributed by atoms with Crippen LogP contribution in [-0.4, -0.2) is 29.7 Å². The van der Waals surface area contributed by atoms with E-state index in [1.54, 1.807) is 14.2 Å². The minimum atomic E-state index is -2.38. The second-order valence-corrected chi connectivity index (χ2v) is 6.65. The van der Waals surface area contributed by atoms with Crippen molar-refractivity contribution < 1.29 is 8.95 Å². The lowest BCUT2D eigenvalue weighted by Crippen LogP contribution is -2.32. The van der Waals surface area contributed by atoms with Gasteiger partial charge < -0.3 is 4.74 Å². The van der Waals surface area contributed by atoms with Gasteiger partial charge in [-0.2, -0.15) is 0 Å². The molecule has 1 atom stereocenters. The quantitative estimate of drug-likeness (QED) is 0.812. The van der Waals surface area contributed by atoms with Gasteiger partial charge in [0.15, 0.2) is 0 Å². The summed E-state index contributed by atoms with van der Waals surface area (Å²) in [6.45, 7) is 3.83. The lowest BCUT2D eigenvalue weighted by Gasteiger charge is -2.24. The second-order valence-electron chi connectivity index (χ2n) is 4.24. The molecular formula is C12H19NO2S. The molecule has 1 aromatic rings. The van der Waals surface area contributed by atoms with Crippen LogP contribution in [0, 0.1) is 0 Å². The molecule has 0 N–H and O–H groups in total. The first-order valence-electron chi connectivity index (χ1n) is 5.17. The maximum Gasteiger partial charge on any atom is 0.0777 e. The van der Waals surface area contributed by atoms with Gasteiger partial charge in [-0.1, -0.05) is 18.2 Å². The summed E-state index contributed by atoms with van der Waals surface area (Å²) < 4.78 is 22.1. The number of benzene rings is 1. The number of rotatable bonds is 4. The van der Waals surface area contributed by atoms with Crippen molar-refractivity contribution in [1.29, 1.82) is 0 Å². The molecule has 0 radical (unpaired) electrons. The number of ether oxygens (including phenoxy) is 1. The van der Waals surface area contributed by atoms with Gasteiger partial charge in [-0.3, -0.25) is 0 Å². The highest BCUT2D eigenvalue weighted by atomic mass is 32.2. The summed E-state index contributed by atoms with van der Waals surface area (Å²) in [4.78, 5) is 0.766. The Bertz CT molecular complexity index is 445. The van der Waals surface area contributed by atoms with E-state index in [9.17, 15) is 4.21 Å². The molecule has 0 aliphatic rings. The minimum Gasteiger partial charge on any atom is -0.378 e. The van der Waals surface area contributed by atoms with Crippen molar-refractivity contribution in [3.05, 3.63) is 30.3 Å². The van der Waals surface area contributed by atoms with Gasteiger partial charge in [0.25, 0.3) is 0 Å². The van der Waals surface area contributed by atoms with Crippen LogP contribution in [0.25, 0.3) is 0 Å². The van der Waals surface area contributed by atoms with Crippen LogP contribution < -0.4 is 0 Å². The van der Waals surface area contributed by atoms with Gasteiger partial charge in [-0.15, -0.1) is 0 Å². The topological polar surface area (TPSA) is 38.7 Å². The number of methoxy groups -OCH3 is 1. The van der Waals surface area contributed by atoms with Crippen LogP contribution in [0.15, 0.2) is 39.6 Å². The predicted octanol–water partition coefficient (Wildman–Crippen LogP) is 2.57. The van der Waals surface area contributed by atoms with Crippen LogP contribution >= 0.6 is 0 Å². The summed E-state index contributed by atoms with van der Waals surface area (Å²) in [6.07, 6.45) is 0. The monoisotopic (exact) mass is 241 g/mol. The highest BCUT2D eigenvalue weighted by molar-refractivity contribution is 7.93. The molecule has 16 heavy (non-hydrogen) atoms. The maximum atomic E-state index is 12.7. The van der Waals surface area contributed by atoms with Gasteiger partial charge in [0.1, 0.15) is 0 Å². The molecule has 1 rings (SSSR count). The Morgan fingerprint density at radius 1 is 1.31 bits per heavy atom. The average molecular weight is 241 g/mol. The smallest absolute Gasteiger partial charge is 0.0777 e. The summed E-state index contributed by atoms with van der Waals surface area (Å²) in [5.41, 5.74) is -0.438. The molecular weight excluding hydrogens is 222 g/mol. The molecule has 0 fully saturated rings. The summed E-state index contributed by atoms with van der Waals surface area (Å²) >= 11 is 0. The van der Waals surface area contributed by atoms with Crippen LogP contribution in [0.2, 0.25) is 0 Å². The predicted molar refractivity (Wildman–Crippen MR) is 67.2 cm³/mol. The second kappa shape index (κ2) is 4.97. The molecule has 0 spiro atoms. The summed E-state index contributed by atoms with van der Waals surface area (Å²) in [5, 5.41) is 0. The fourth-order valence-electron chi connectivity index (χ4n) is 1.42. The van der Waals surface area contributed by atoms with Crippen LogP contribution in [0.5, 0.6) is 0 Å².